The highest BCUT2D eigenvalue weighted by Crippen LogP contribution is 2.18. The molecule has 0 unspecified atom stereocenters. The van der Waals surface area contributed by atoms with E-state index < -0.39 is 0 Å². The molecule has 0 atom stereocenters. The van der Waals surface area contributed by atoms with Crippen LogP contribution in [-0.4, -0.2) is 4.98 Å². The van der Waals surface area contributed by atoms with Gasteiger partial charge in [0.05, 0.1) is 0 Å². The van der Waals surface area contributed by atoms with E-state index in [1.165, 1.54) is 11.3 Å². The Morgan fingerprint density at radius 1 is 1.27 bits per heavy atom. The van der Waals surface area contributed by atoms with E-state index in [2.05, 4.69) is 4.98 Å². The van der Waals surface area contributed by atoms with Gasteiger partial charge in [-0.3, -0.25) is 14.6 Å². The molecule has 0 radical (unpaired) electrons. The molecule has 1 aromatic rings. The fraction of sp³-hybridized carbons (Fsp3) is 0.429. The van der Waals surface area contributed by atoms with Gasteiger partial charge in [0.25, 0.3) is 5.56 Å². The van der Waals surface area contributed by atoms with Gasteiger partial charge < -0.3 is 0 Å². The van der Waals surface area contributed by atoms with Gasteiger partial charge in [-0.15, -0.1) is 0 Å². The number of aromatic nitrogens is 1. The molecule has 1 aliphatic rings. The van der Waals surface area contributed by atoms with E-state index in [1.54, 1.807) is 0 Å². The first-order valence-corrected chi connectivity index (χ1v) is 4.34. The molecule has 11 heavy (non-hydrogen) atoms. The van der Waals surface area contributed by atoms with Gasteiger partial charge in [-0.1, -0.05) is 11.3 Å². The number of H-pyrrole nitrogens is 1. The maximum Gasteiger partial charge on any atom is 0.307 e. The molecule has 0 spiro atoms. The van der Waals surface area contributed by atoms with Crippen LogP contribution in [0.4, 0.5) is 0 Å². The zero-order chi connectivity index (χ0) is 7.84. The van der Waals surface area contributed by atoms with E-state index in [1.807, 2.05) is 0 Å². The van der Waals surface area contributed by atoms with Gasteiger partial charge in [0.15, 0.2) is 0 Å². The molecule has 1 heterocycles. The fourth-order valence-corrected chi connectivity index (χ4v) is 2.31. The summed E-state index contributed by atoms with van der Waals surface area (Å²) in [6, 6.07) is 0. The zero-order valence-electron chi connectivity index (χ0n) is 5.85. The Morgan fingerprint density at radius 2 is 2.09 bits per heavy atom. The van der Waals surface area contributed by atoms with Crippen molar-refractivity contribution in [1.82, 2.24) is 4.98 Å². The Hall–Kier alpha value is -0.900. The minimum absolute atomic E-state index is 0.179. The lowest BCUT2D eigenvalue weighted by Gasteiger charge is -1.91. The molecule has 0 saturated carbocycles. The van der Waals surface area contributed by atoms with Crippen molar-refractivity contribution in [2.75, 3.05) is 0 Å². The van der Waals surface area contributed by atoms with Crippen molar-refractivity contribution >= 4 is 11.3 Å². The molecule has 58 valence electrons. The lowest BCUT2D eigenvalue weighted by molar-refractivity contribution is 0.909. The highest BCUT2D eigenvalue weighted by Gasteiger charge is 2.15. The molecular weight excluding hydrogens is 162 g/mol. The SMILES string of the molecule is O=c1[nH]c(=O)c2c(s1)CCC2. The summed E-state index contributed by atoms with van der Waals surface area (Å²) in [6.45, 7) is 0. The van der Waals surface area contributed by atoms with E-state index in [9.17, 15) is 9.59 Å². The van der Waals surface area contributed by atoms with E-state index >= 15 is 0 Å². The Bertz CT molecular complexity index is 390. The maximum atomic E-state index is 11.1. The van der Waals surface area contributed by atoms with E-state index in [0.717, 1.165) is 29.7 Å². The van der Waals surface area contributed by atoms with Crippen molar-refractivity contribution in [2.24, 2.45) is 0 Å². The third-order valence-corrected chi connectivity index (χ3v) is 2.86. The lowest BCUT2D eigenvalue weighted by atomic mass is 10.3. The molecule has 0 aromatic carbocycles. The van der Waals surface area contributed by atoms with Crippen molar-refractivity contribution in [3.05, 3.63) is 30.5 Å². The minimum atomic E-state index is -0.226. The highest BCUT2D eigenvalue weighted by molar-refractivity contribution is 7.09. The second kappa shape index (κ2) is 2.30. The molecule has 0 fully saturated rings. The van der Waals surface area contributed by atoms with Crippen LogP contribution in [0.2, 0.25) is 0 Å². The molecule has 0 amide bonds. The summed E-state index contributed by atoms with van der Waals surface area (Å²) in [4.78, 5) is 24.9. The second-order valence-electron chi connectivity index (χ2n) is 2.60. The van der Waals surface area contributed by atoms with E-state index in [4.69, 9.17) is 0 Å². The Balaban J connectivity index is 2.80. The first-order chi connectivity index (χ1) is 5.27. The number of hydrogen-bond acceptors (Lipinski definition) is 3. The quantitative estimate of drug-likeness (QED) is 0.606. The monoisotopic (exact) mass is 169 g/mol. The van der Waals surface area contributed by atoms with Crippen LogP contribution >= 0.6 is 11.3 Å². The van der Waals surface area contributed by atoms with Crippen LogP contribution in [0.5, 0.6) is 0 Å². The third kappa shape index (κ3) is 1.03. The largest absolute Gasteiger partial charge is 0.307 e. The van der Waals surface area contributed by atoms with Gasteiger partial charge in [-0.2, -0.15) is 0 Å². The molecular formula is C7H7NO2S. The smallest absolute Gasteiger partial charge is 0.280 e. The Labute approximate surface area is 66.7 Å². The first-order valence-electron chi connectivity index (χ1n) is 3.52. The van der Waals surface area contributed by atoms with Gasteiger partial charge in [0.2, 0.25) is 0 Å². The average molecular weight is 169 g/mol. The van der Waals surface area contributed by atoms with E-state index in [-0.39, 0.29) is 10.4 Å². The van der Waals surface area contributed by atoms with Crippen molar-refractivity contribution in [1.29, 1.82) is 0 Å². The Kier molecular flexibility index (Phi) is 1.42. The van der Waals surface area contributed by atoms with Gasteiger partial charge in [-0.05, 0) is 19.3 Å². The first kappa shape index (κ1) is 6.79. The predicted octanol–water partition coefficient (Wildman–Crippen LogP) is 0.285. The molecule has 3 nitrogen and oxygen atoms in total. The summed E-state index contributed by atoms with van der Waals surface area (Å²) in [5.74, 6) is 0. The molecule has 4 heteroatoms. The zero-order valence-corrected chi connectivity index (χ0v) is 6.66. The summed E-state index contributed by atoms with van der Waals surface area (Å²) in [7, 11) is 0. The molecule has 0 aliphatic heterocycles. The summed E-state index contributed by atoms with van der Waals surface area (Å²) < 4.78 is 0. The van der Waals surface area contributed by atoms with Gasteiger partial charge in [-0.25, -0.2) is 0 Å². The molecule has 0 bridgehead atoms. The van der Waals surface area contributed by atoms with Crippen LogP contribution in [0.15, 0.2) is 9.59 Å². The number of nitrogens with one attached hydrogen (secondary N) is 1. The molecule has 0 saturated heterocycles. The maximum absolute atomic E-state index is 11.1. The number of aromatic amines is 1. The fourth-order valence-electron chi connectivity index (χ4n) is 1.37. The third-order valence-electron chi connectivity index (χ3n) is 1.87. The topological polar surface area (TPSA) is 49.9 Å². The van der Waals surface area contributed by atoms with Crippen LogP contribution in [0.25, 0.3) is 0 Å². The number of rotatable bonds is 0. The van der Waals surface area contributed by atoms with Gasteiger partial charge in [0.1, 0.15) is 0 Å². The van der Waals surface area contributed by atoms with Crippen molar-refractivity contribution in [2.45, 2.75) is 19.3 Å². The Morgan fingerprint density at radius 3 is 2.91 bits per heavy atom. The standard InChI is InChI=1S/C7H7NO2S/c9-6-4-2-1-3-5(4)11-7(10)8-6/h1-3H2,(H,8,9,10). The minimum Gasteiger partial charge on any atom is -0.280 e. The number of hydrogen-bond donors (Lipinski definition) is 1. The predicted molar refractivity (Wildman–Crippen MR) is 43.2 cm³/mol. The molecule has 1 aromatic heterocycles. The van der Waals surface area contributed by atoms with Crippen LogP contribution in [0, 0.1) is 0 Å². The van der Waals surface area contributed by atoms with Crippen LogP contribution in [0.3, 0.4) is 0 Å². The van der Waals surface area contributed by atoms with E-state index in [0.29, 0.717) is 0 Å². The summed E-state index contributed by atoms with van der Waals surface area (Å²) in [6.07, 6.45) is 2.75. The normalized spacial score (nSPS) is 14.9. The van der Waals surface area contributed by atoms with Crippen molar-refractivity contribution in [3.63, 3.8) is 0 Å². The molecule has 1 aliphatic carbocycles. The number of aryl methyl sites for hydroxylation is 1. The van der Waals surface area contributed by atoms with Gasteiger partial charge in [0, 0.05) is 10.4 Å². The average Bonchev–Trinajstić information content (AvgIpc) is 2.34. The summed E-state index contributed by atoms with van der Waals surface area (Å²) in [5.41, 5.74) is 0.649. The molecule has 2 rings (SSSR count). The van der Waals surface area contributed by atoms with Crippen LogP contribution in [0.1, 0.15) is 16.9 Å². The highest BCUT2D eigenvalue weighted by atomic mass is 32.1. The summed E-state index contributed by atoms with van der Waals surface area (Å²) >= 11 is 1.17. The van der Waals surface area contributed by atoms with Crippen molar-refractivity contribution < 1.29 is 0 Å². The summed E-state index contributed by atoms with van der Waals surface area (Å²) in [5, 5.41) is 0. The molecule has 1 N–H and O–H groups in total. The van der Waals surface area contributed by atoms with Crippen molar-refractivity contribution in [3.8, 4) is 0 Å². The van der Waals surface area contributed by atoms with Gasteiger partial charge >= 0.3 is 4.87 Å². The van der Waals surface area contributed by atoms with Crippen LogP contribution in [-0.2, 0) is 12.8 Å². The second-order valence-corrected chi connectivity index (χ2v) is 3.67. The lowest BCUT2D eigenvalue weighted by Crippen LogP contribution is -2.19. The number of fused-ring (bicyclic) bond motifs is 1. The van der Waals surface area contributed by atoms with Crippen LogP contribution < -0.4 is 10.4 Å².